The van der Waals surface area contributed by atoms with Crippen molar-refractivity contribution in [2.24, 2.45) is 5.92 Å². The molecular weight excluding hydrogens is 344 g/mol. The van der Waals surface area contributed by atoms with Crippen LogP contribution in [0.25, 0.3) is 39.0 Å². The Balaban J connectivity index is 1.63. The highest BCUT2D eigenvalue weighted by Crippen LogP contribution is 2.38. The predicted molar refractivity (Wildman–Crippen MR) is 117 cm³/mol. The van der Waals surface area contributed by atoms with E-state index in [9.17, 15) is 0 Å². The zero-order chi connectivity index (χ0) is 18.8. The molecule has 0 radical (unpaired) electrons. The largest absolute Gasteiger partial charge is 0.381 e. The lowest BCUT2D eigenvalue weighted by atomic mass is 10.1. The van der Waals surface area contributed by atoms with Crippen molar-refractivity contribution in [1.29, 1.82) is 0 Å². The predicted octanol–water partition coefficient (Wildman–Crippen LogP) is 5.53. The lowest BCUT2D eigenvalue weighted by Crippen LogP contribution is -2.18. The van der Waals surface area contributed by atoms with Crippen molar-refractivity contribution in [3.63, 3.8) is 0 Å². The van der Waals surface area contributed by atoms with E-state index in [1.807, 2.05) is 0 Å². The van der Waals surface area contributed by atoms with E-state index in [0.29, 0.717) is 0 Å². The minimum Gasteiger partial charge on any atom is -0.381 e. The van der Waals surface area contributed by atoms with Crippen LogP contribution in [0.1, 0.15) is 25.3 Å². The maximum atomic E-state index is 5.14. The van der Waals surface area contributed by atoms with Gasteiger partial charge in [-0.3, -0.25) is 0 Å². The molecule has 1 saturated carbocycles. The van der Waals surface area contributed by atoms with Gasteiger partial charge in [0, 0.05) is 30.5 Å². The van der Waals surface area contributed by atoms with Crippen LogP contribution in [0.2, 0.25) is 0 Å². The first-order valence-electron chi connectivity index (χ1n) is 10.2. The Morgan fingerprint density at radius 2 is 2.07 bits per heavy atom. The lowest BCUT2D eigenvalue weighted by molar-refractivity contribution is 0.644. The van der Waals surface area contributed by atoms with E-state index in [1.165, 1.54) is 40.6 Å². The molecule has 2 aromatic carbocycles. The number of para-hydroxylation sites is 1. The van der Waals surface area contributed by atoms with Gasteiger partial charge in [-0.25, -0.2) is 4.98 Å². The Kier molecular flexibility index (Phi) is 3.28. The Morgan fingerprint density at radius 3 is 2.89 bits per heavy atom. The minimum atomic E-state index is 0.813. The van der Waals surface area contributed by atoms with Gasteiger partial charge in [0.15, 0.2) is 5.82 Å². The first-order chi connectivity index (χ1) is 13.7. The van der Waals surface area contributed by atoms with Crippen LogP contribution in [-0.4, -0.2) is 20.7 Å². The number of anilines is 1. The van der Waals surface area contributed by atoms with Crippen molar-refractivity contribution in [3.8, 4) is 11.5 Å². The van der Waals surface area contributed by atoms with E-state index < -0.39 is 0 Å². The Bertz CT molecular complexity index is 1250. The van der Waals surface area contributed by atoms with Gasteiger partial charge in [0.2, 0.25) is 0 Å². The molecule has 1 aliphatic carbocycles. The number of hydrogen-bond donors (Lipinski definition) is 1. The van der Waals surface area contributed by atoms with E-state index in [1.54, 1.807) is 0 Å². The van der Waals surface area contributed by atoms with Crippen LogP contribution in [0.5, 0.6) is 0 Å². The monoisotopic (exact) mass is 368 g/mol. The average molecular weight is 368 g/mol. The second kappa shape index (κ2) is 5.74. The summed E-state index contributed by atoms with van der Waals surface area (Å²) in [5.41, 5.74) is 8.24. The molecule has 4 nitrogen and oxygen atoms in total. The zero-order valence-corrected chi connectivity index (χ0v) is 16.2. The van der Waals surface area contributed by atoms with Gasteiger partial charge in [-0.2, -0.15) is 0 Å². The third-order valence-corrected chi connectivity index (χ3v) is 6.16. The van der Waals surface area contributed by atoms with Gasteiger partial charge in [-0.1, -0.05) is 30.4 Å². The van der Waals surface area contributed by atoms with E-state index >= 15 is 0 Å². The van der Waals surface area contributed by atoms with Crippen molar-refractivity contribution in [2.75, 3.05) is 11.9 Å². The molecule has 2 aliphatic rings. The number of hydrogen-bond acceptors (Lipinski definition) is 2. The standard InChI is InChI=1S/C24H24N4/c1-15(2)18-11-19-23-20(12-18)26-24(27(23)10-9-25-19)22-13-17-5-3-4-6-21(17)28(22)14-16-7-8-16/h3-6,11-13,16,25H,1,7-10,14H2,2H3. The number of imidazole rings is 1. The van der Waals surface area contributed by atoms with Crippen molar-refractivity contribution >= 4 is 33.2 Å². The molecule has 0 unspecified atom stereocenters. The Labute approximate surface area is 164 Å². The third kappa shape index (κ3) is 2.34. The van der Waals surface area contributed by atoms with E-state index in [0.717, 1.165) is 48.0 Å². The second-order valence-corrected chi connectivity index (χ2v) is 8.33. The zero-order valence-electron chi connectivity index (χ0n) is 16.2. The van der Waals surface area contributed by atoms with Gasteiger partial charge in [0.05, 0.1) is 22.4 Å². The Morgan fingerprint density at radius 1 is 1.21 bits per heavy atom. The molecule has 4 heteroatoms. The number of allylic oxidation sites excluding steroid dienone is 1. The van der Waals surface area contributed by atoms with Gasteiger partial charge >= 0.3 is 0 Å². The average Bonchev–Trinajstić information content (AvgIpc) is 3.35. The van der Waals surface area contributed by atoms with Crippen molar-refractivity contribution in [2.45, 2.75) is 32.9 Å². The molecule has 0 spiro atoms. The molecular formula is C24H24N4. The van der Waals surface area contributed by atoms with E-state index in [2.05, 4.69) is 70.4 Å². The number of aromatic nitrogens is 3. The van der Waals surface area contributed by atoms with Crippen LogP contribution in [0.3, 0.4) is 0 Å². The highest BCUT2D eigenvalue weighted by molar-refractivity contribution is 5.96. The van der Waals surface area contributed by atoms with Crippen molar-refractivity contribution < 1.29 is 0 Å². The van der Waals surface area contributed by atoms with Gasteiger partial charge in [-0.15, -0.1) is 0 Å². The molecule has 6 rings (SSSR count). The topological polar surface area (TPSA) is 34.8 Å². The summed E-state index contributed by atoms with van der Waals surface area (Å²) >= 11 is 0. The van der Waals surface area contributed by atoms with Crippen molar-refractivity contribution in [3.05, 3.63) is 54.6 Å². The summed E-state index contributed by atoms with van der Waals surface area (Å²) in [5, 5.41) is 4.86. The quantitative estimate of drug-likeness (QED) is 0.514. The number of rotatable bonds is 4. The third-order valence-electron chi connectivity index (χ3n) is 6.16. The van der Waals surface area contributed by atoms with Crippen LogP contribution in [-0.2, 0) is 13.1 Å². The molecule has 1 N–H and O–H groups in total. The van der Waals surface area contributed by atoms with E-state index in [-0.39, 0.29) is 0 Å². The van der Waals surface area contributed by atoms with Gasteiger partial charge in [0.25, 0.3) is 0 Å². The number of nitrogens with zero attached hydrogens (tertiary/aromatic N) is 3. The molecule has 4 aromatic rings. The highest BCUT2D eigenvalue weighted by atomic mass is 15.2. The van der Waals surface area contributed by atoms with Gasteiger partial charge < -0.3 is 14.5 Å². The fourth-order valence-corrected chi connectivity index (χ4v) is 4.52. The number of nitrogens with one attached hydrogen (secondary N) is 1. The summed E-state index contributed by atoms with van der Waals surface area (Å²) in [7, 11) is 0. The first kappa shape index (κ1) is 16.0. The van der Waals surface area contributed by atoms with Gasteiger partial charge in [-0.05, 0) is 55.5 Å². The number of fused-ring (bicyclic) bond motifs is 1. The maximum Gasteiger partial charge on any atom is 0.157 e. The summed E-state index contributed by atoms with van der Waals surface area (Å²) in [6.07, 6.45) is 2.69. The second-order valence-electron chi connectivity index (χ2n) is 8.33. The van der Waals surface area contributed by atoms with Crippen LogP contribution in [0.15, 0.2) is 49.0 Å². The molecule has 0 bridgehead atoms. The van der Waals surface area contributed by atoms with Crippen molar-refractivity contribution in [1.82, 2.24) is 14.1 Å². The summed E-state index contributed by atoms with van der Waals surface area (Å²) in [6, 6.07) is 15.4. The summed E-state index contributed by atoms with van der Waals surface area (Å²) in [6.45, 7) is 9.14. The highest BCUT2D eigenvalue weighted by Gasteiger charge is 2.27. The molecule has 140 valence electrons. The molecule has 28 heavy (non-hydrogen) atoms. The van der Waals surface area contributed by atoms with Crippen LogP contribution in [0, 0.1) is 5.92 Å². The molecule has 0 atom stereocenters. The lowest BCUT2D eigenvalue weighted by Gasteiger charge is -2.20. The molecule has 3 heterocycles. The molecule has 2 aromatic heterocycles. The fraction of sp³-hybridized carbons (Fsp3) is 0.292. The smallest absolute Gasteiger partial charge is 0.157 e. The first-order valence-corrected chi connectivity index (χ1v) is 10.2. The summed E-state index contributed by atoms with van der Waals surface area (Å²) in [4.78, 5) is 5.14. The van der Waals surface area contributed by atoms with E-state index in [4.69, 9.17) is 4.98 Å². The van der Waals surface area contributed by atoms with Crippen LogP contribution in [0.4, 0.5) is 5.69 Å². The minimum absolute atomic E-state index is 0.813. The van der Waals surface area contributed by atoms with Gasteiger partial charge in [0.1, 0.15) is 0 Å². The molecule has 1 fully saturated rings. The van der Waals surface area contributed by atoms with Crippen LogP contribution < -0.4 is 5.32 Å². The molecule has 0 saturated heterocycles. The maximum absolute atomic E-state index is 5.14. The SMILES string of the molecule is C=C(C)c1cc2c3c(c1)nc(-c1cc4ccccc4n1CC1CC1)n3CCN2. The molecule has 0 amide bonds. The van der Waals surface area contributed by atoms with Crippen LogP contribution >= 0.6 is 0 Å². The fourth-order valence-electron chi connectivity index (χ4n) is 4.52. The summed E-state index contributed by atoms with van der Waals surface area (Å²) in [5.74, 6) is 1.90. The summed E-state index contributed by atoms with van der Waals surface area (Å²) < 4.78 is 4.90. The normalized spacial score (nSPS) is 15.9. The Hall–Kier alpha value is -3.01. The number of benzene rings is 2. The molecule has 1 aliphatic heterocycles.